The first-order chi connectivity index (χ1) is 10.5. The molecular formula is C17H20N2O3. The fraction of sp³-hybridized carbons (Fsp3) is 0.294. The number of nitrogens with one attached hydrogen (secondary N) is 2. The lowest BCUT2D eigenvalue weighted by molar-refractivity contribution is -0.118. The van der Waals surface area contributed by atoms with Gasteiger partial charge in [-0.15, -0.1) is 0 Å². The van der Waals surface area contributed by atoms with Crippen LogP contribution in [0.3, 0.4) is 0 Å². The molecule has 1 amide bonds. The minimum Gasteiger partial charge on any atom is -0.478 e. The lowest BCUT2D eigenvalue weighted by Gasteiger charge is -2.14. The van der Waals surface area contributed by atoms with Crippen molar-refractivity contribution in [1.29, 1.82) is 0 Å². The predicted molar refractivity (Wildman–Crippen MR) is 86.5 cm³/mol. The van der Waals surface area contributed by atoms with Crippen molar-refractivity contribution in [3.63, 3.8) is 0 Å². The molecule has 1 heterocycles. The molecule has 22 heavy (non-hydrogen) atoms. The molecule has 0 aliphatic heterocycles. The highest BCUT2D eigenvalue weighted by molar-refractivity contribution is 5.92. The zero-order valence-corrected chi connectivity index (χ0v) is 13.0. The van der Waals surface area contributed by atoms with Crippen LogP contribution in [0.5, 0.6) is 5.75 Å². The van der Waals surface area contributed by atoms with Crippen LogP contribution in [0.25, 0.3) is 0 Å². The van der Waals surface area contributed by atoms with Crippen LogP contribution in [0, 0.1) is 6.92 Å². The normalized spacial score (nSPS) is 10.5. The van der Waals surface area contributed by atoms with Gasteiger partial charge in [-0.3, -0.25) is 9.59 Å². The van der Waals surface area contributed by atoms with E-state index in [-0.39, 0.29) is 23.7 Å². The molecule has 0 saturated heterocycles. The minimum absolute atomic E-state index is 0.176. The fourth-order valence-electron chi connectivity index (χ4n) is 2.19. The van der Waals surface area contributed by atoms with Crippen LogP contribution >= 0.6 is 0 Å². The molecule has 0 atom stereocenters. The van der Waals surface area contributed by atoms with Gasteiger partial charge in [-0.2, -0.15) is 0 Å². The third-order valence-electron chi connectivity index (χ3n) is 3.30. The van der Waals surface area contributed by atoms with Crippen molar-refractivity contribution in [1.82, 2.24) is 4.98 Å². The van der Waals surface area contributed by atoms with Crippen LogP contribution in [0.15, 0.2) is 41.3 Å². The number of amides is 1. The molecule has 0 aliphatic carbocycles. The van der Waals surface area contributed by atoms with Crippen LogP contribution in [0.2, 0.25) is 0 Å². The summed E-state index contributed by atoms with van der Waals surface area (Å²) in [6.07, 6.45) is 1.55. The summed E-state index contributed by atoms with van der Waals surface area (Å²) in [5.41, 5.74) is 2.18. The maximum atomic E-state index is 12.0. The number of ether oxygens (including phenoxy) is 1. The van der Waals surface area contributed by atoms with Crippen LogP contribution in [0.4, 0.5) is 5.69 Å². The first-order valence-corrected chi connectivity index (χ1v) is 7.19. The maximum Gasteiger partial charge on any atom is 0.262 e. The molecule has 0 aliphatic rings. The molecule has 1 aromatic heterocycles. The number of benzene rings is 1. The van der Waals surface area contributed by atoms with Gasteiger partial charge in [-0.1, -0.05) is 32.0 Å². The van der Waals surface area contributed by atoms with Gasteiger partial charge in [0.25, 0.3) is 5.91 Å². The largest absolute Gasteiger partial charge is 0.478 e. The number of carbonyl (C=O) groups excluding carboxylic acids is 1. The second-order valence-corrected chi connectivity index (χ2v) is 5.37. The SMILES string of the molecule is Cc1[nH]ccc(=O)c1OCC(=O)Nc1ccccc1C(C)C. The highest BCUT2D eigenvalue weighted by atomic mass is 16.5. The van der Waals surface area contributed by atoms with Crippen molar-refractivity contribution in [3.8, 4) is 5.75 Å². The quantitative estimate of drug-likeness (QED) is 0.892. The molecule has 0 radical (unpaired) electrons. The molecule has 0 bridgehead atoms. The van der Waals surface area contributed by atoms with E-state index in [1.807, 2.05) is 24.3 Å². The number of hydrogen-bond donors (Lipinski definition) is 2. The van der Waals surface area contributed by atoms with E-state index in [1.165, 1.54) is 6.07 Å². The highest BCUT2D eigenvalue weighted by Crippen LogP contribution is 2.23. The van der Waals surface area contributed by atoms with Crippen LogP contribution in [0.1, 0.15) is 31.0 Å². The van der Waals surface area contributed by atoms with E-state index in [1.54, 1.807) is 13.1 Å². The molecule has 5 heteroatoms. The number of rotatable bonds is 5. The van der Waals surface area contributed by atoms with Crippen LogP contribution in [-0.2, 0) is 4.79 Å². The highest BCUT2D eigenvalue weighted by Gasteiger charge is 2.11. The molecule has 1 aromatic carbocycles. The summed E-state index contributed by atoms with van der Waals surface area (Å²) in [6, 6.07) is 9.01. The zero-order valence-electron chi connectivity index (χ0n) is 13.0. The number of carbonyl (C=O) groups is 1. The minimum atomic E-state index is -0.296. The number of aromatic nitrogens is 1. The van der Waals surface area contributed by atoms with Gasteiger partial charge in [0, 0.05) is 18.0 Å². The number of pyridine rings is 1. The van der Waals surface area contributed by atoms with Crippen LogP contribution < -0.4 is 15.5 Å². The molecule has 0 fully saturated rings. The smallest absolute Gasteiger partial charge is 0.262 e. The number of aryl methyl sites for hydroxylation is 1. The third-order valence-corrected chi connectivity index (χ3v) is 3.30. The van der Waals surface area contributed by atoms with Crippen molar-refractivity contribution in [2.75, 3.05) is 11.9 Å². The van der Waals surface area contributed by atoms with E-state index in [4.69, 9.17) is 4.74 Å². The molecule has 5 nitrogen and oxygen atoms in total. The molecule has 0 saturated carbocycles. The van der Waals surface area contributed by atoms with E-state index < -0.39 is 0 Å². The number of aromatic amines is 1. The first-order valence-electron chi connectivity index (χ1n) is 7.19. The van der Waals surface area contributed by atoms with E-state index in [9.17, 15) is 9.59 Å². The lowest BCUT2D eigenvalue weighted by Crippen LogP contribution is -2.23. The summed E-state index contributed by atoms with van der Waals surface area (Å²) in [4.78, 5) is 26.6. The average Bonchev–Trinajstić information content (AvgIpc) is 2.47. The topological polar surface area (TPSA) is 71.2 Å². The molecule has 2 aromatic rings. The lowest BCUT2D eigenvalue weighted by atomic mass is 10.0. The summed E-state index contributed by atoms with van der Waals surface area (Å²) < 4.78 is 5.35. The zero-order chi connectivity index (χ0) is 16.1. The molecule has 116 valence electrons. The summed E-state index contributed by atoms with van der Waals surface area (Å²) >= 11 is 0. The van der Waals surface area contributed by atoms with Gasteiger partial charge in [-0.25, -0.2) is 0 Å². The Morgan fingerprint density at radius 2 is 2.00 bits per heavy atom. The predicted octanol–water partition coefficient (Wildman–Crippen LogP) is 2.82. The van der Waals surface area contributed by atoms with E-state index >= 15 is 0 Å². The van der Waals surface area contributed by atoms with Gasteiger partial charge in [0.2, 0.25) is 5.43 Å². The third kappa shape index (κ3) is 3.75. The van der Waals surface area contributed by atoms with Crippen molar-refractivity contribution in [2.24, 2.45) is 0 Å². The Bertz CT molecular complexity index is 720. The summed E-state index contributed by atoms with van der Waals surface area (Å²) in [5, 5.41) is 2.82. The van der Waals surface area contributed by atoms with Gasteiger partial charge < -0.3 is 15.0 Å². The van der Waals surface area contributed by atoms with Crippen LogP contribution in [-0.4, -0.2) is 17.5 Å². The van der Waals surface area contributed by atoms with Gasteiger partial charge >= 0.3 is 0 Å². The Morgan fingerprint density at radius 1 is 1.27 bits per heavy atom. The maximum absolute atomic E-state index is 12.0. The van der Waals surface area contributed by atoms with Crippen molar-refractivity contribution in [3.05, 3.63) is 58.0 Å². The second kappa shape index (κ2) is 6.93. The average molecular weight is 300 g/mol. The Kier molecular flexibility index (Phi) is 4.99. The monoisotopic (exact) mass is 300 g/mol. The van der Waals surface area contributed by atoms with Crippen molar-refractivity contribution < 1.29 is 9.53 Å². The van der Waals surface area contributed by atoms with Gasteiger partial charge in [0.05, 0.1) is 5.69 Å². The van der Waals surface area contributed by atoms with E-state index in [0.717, 1.165) is 11.3 Å². The summed E-state index contributed by atoms with van der Waals surface area (Å²) in [6.45, 7) is 5.64. The first kappa shape index (κ1) is 15.8. The molecule has 2 rings (SSSR count). The summed E-state index contributed by atoms with van der Waals surface area (Å²) in [7, 11) is 0. The summed E-state index contributed by atoms with van der Waals surface area (Å²) in [5.74, 6) is 0.183. The van der Waals surface area contributed by atoms with Gasteiger partial charge in [-0.05, 0) is 24.5 Å². The number of H-pyrrole nitrogens is 1. The Morgan fingerprint density at radius 3 is 2.68 bits per heavy atom. The molecule has 0 spiro atoms. The number of anilines is 1. The molecular weight excluding hydrogens is 280 g/mol. The van der Waals surface area contributed by atoms with E-state index in [2.05, 4.69) is 24.1 Å². The Hall–Kier alpha value is -2.56. The molecule has 0 unspecified atom stereocenters. The Labute approximate surface area is 129 Å². The second-order valence-electron chi connectivity index (χ2n) is 5.37. The van der Waals surface area contributed by atoms with Gasteiger partial charge in [0.1, 0.15) is 0 Å². The standard InChI is InChI=1S/C17H20N2O3/c1-11(2)13-6-4-5-7-14(13)19-16(21)10-22-17-12(3)18-9-8-15(17)20/h4-9,11H,10H2,1-3H3,(H,18,20)(H,19,21). The van der Waals surface area contributed by atoms with Crippen molar-refractivity contribution >= 4 is 11.6 Å². The van der Waals surface area contributed by atoms with Crippen molar-refractivity contribution in [2.45, 2.75) is 26.7 Å². The van der Waals surface area contributed by atoms with Gasteiger partial charge in [0.15, 0.2) is 12.4 Å². The van der Waals surface area contributed by atoms with E-state index in [0.29, 0.717) is 11.6 Å². The number of para-hydroxylation sites is 1. The molecule has 2 N–H and O–H groups in total. The number of hydrogen-bond acceptors (Lipinski definition) is 3. The fourth-order valence-corrected chi connectivity index (χ4v) is 2.19. The Balaban J connectivity index is 2.04.